The van der Waals surface area contributed by atoms with E-state index in [9.17, 15) is 0 Å². The summed E-state index contributed by atoms with van der Waals surface area (Å²) in [4.78, 5) is 8.03. The molecule has 0 saturated heterocycles. The second kappa shape index (κ2) is 5.41. The number of furan rings is 1. The fourth-order valence-corrected chi connectivity index (χ4v) is 4.00. The lowest BCUT2D eigenvalue weighted by atomic mass is 9.93. The summed E-state index contributed by atoms with van der Waals surface area (Å²) in [6.07, 6.45) is 2.66. The molecule has 1 N–H and O–H groups in total. The third kappa shape index (κ3) is 2.50. The van der Waals surface area contributed by atoms with Crippen LogP contribution in [0.2, 0.25) is 0 Å². The summed E-state index contributed by atoms with van der Waals surface area (Å²) >= 11 is 1.73. The summed E-state index contributed by atoms with van der Waals surface area (Å²) in [7, 11) is 8.31. The smallest absolute Gasteiger partial charge is 0.204 e. The number of rotatable bonds is 2. The molecule has 4 rings (SSSR count). The van der Waals surface area contributed by atoms with Crippen molar-refractivity contribution in [1.29, 1.82) is 5.26 Å². The fourth-order valence-electron chi connectivity index (χ4n) is 2.81. The van der Waals surface area contributed by atoms with Crippen molar-refractivity contribution in [2.45, 2.75) is 13.0 Å². The van der Waals surface area contributed by atoms with Gasteiger partial charge < -0.3 is 14.6 Å². The fraction of sp³-hybridized carbons (Fsp3) is 0.250. The zero-order valence-electron chi connectivity index (χ0n) is 12.6. The lowest BCUT2D eigenvalue weighted by Crippen LogP contribution is -2.24. The van der Waals surface area contributed by atoms with Crippen LogP contribution in [0.1, 0.15) is 16.2 Å². The van der Waals surface area contributed by atoms with Crippen LogP contribution in [0, 0.1) is 11.3 Å². The van der Waals surface area contributed by atoms with Gasteiger partial charge >= 0.3 is 0 Å². The quantitative estimate of drug-likeness (QED) is 0.734. The van der Waals surface area contributed by atoms with Gasteiger partial charge in [0.15, 0.2) is 5.58 Å². The molecule has 3 aromatic heterocycles. The summed E-state index contributed by atoms with van der Waals surface area (Å²) in [5, 5.41) is 14.0. The van der Waals surface area contributed by atoms with Crippen LogP contribution >= 0.6 is 11.3 Å². The largest absolute Gasteiger partial charge is 0.444 e. The van der Waals surface area contributed by atoms with Crippen molar-refractivity contribution in [3.63, 3.8) is 0 Å². The average Bonchev–Trinajstić information content (AvgIpc) is 3.13. The highest BCUT2D eigenvalue weighted by Gasteiger charge is 2.17. The maximum atomic E-state index is 8.93. The van der Waals surface area contributed by atoms with Gasteiger partial charge in [-0.3, -0.25) is 0 Å². The number of nitriles is 1. The van der Waals surface area contributed by atoms with Crippen LogP contribution in [0.4, 0.5) is 10.8 Å². The van der Waals surface area contributed by atoms with Crippen molar-refractivity contribution in [2.24, 2.45) is 0 Å². The SMILES string of the molecule is [B]c1c(Nc2cc3c(s2)CN(C)CC3)ncc2oc(C#N)cc12. The molecule has 5 nitrogen and oxygen atoms in total. The van der Waals surface area contributed by atoms with Gasteiger partial charge in [0, 0.05) is 29.4 Å². The molecule has 112 valence electrons. The molecule has 0 saturated carbocycles. The van der Waals surface area contributed by atoms with Gasteiger partial charge in [-0.1, -0.05) is 0 Å². The Balaban J connectivity index is 1.68. The summed E-state index contributed by atoms with van der Waals surface area (Å²) < 4.78 is 5.35. The molecule has 0 amide bonds. The van der Waals surface area contributed by atoms with Gasteiger partial charge in [-0.05, 0) is 30.6 Å². The summed E-state index contributed by atoms with van der Waals surface area (Å²) in [5.74, 6) is 0.829. The van der Waals surface area contributed by atoms with Crippen LogP contribution in [0.15, 0.2) is 22.7 Å². The number of anilines is 2. The highest BCUT2D eigenvalue weighted by Crippen LogP contribution is 2.32. The molecule has 0 unspecified atom stereocenters. The number of nitrogens with zero attached hydrogens (tertiary/aromatic N) is 3. The summed E-state index contributed by atoms with van der Waals surface area (Å²) in [6.45, 7) is 2.07. The molecule has 23 heavy (non-hydrogen) atoms. The first-order valence-electron chi connectivity index (χ1n) is 7.29. The van der Waals surface area contributed by atoms with Crippen LogP contribution in [0.3, 0.4) is 0 Å². The molecule has 0 spiro atoms. The average molecular weight is 320 g/mol. The molecule has 2 radical (unpaired) electrons. The monoisotopic (exact) mass is 320 g/mol. The van der Waals surface area contributed by atoms with Gasteiger partial charge in [0.25, 0.3) is 0 Å². The molecule has 0 bridgehead atoms. The van der Waals surface area contributed by atoms with E-state index in [1.54, 1.807) is 23.6 Å². The Labute approximate surface area is 138 Å². The minimum absolute atomic E-state index is 0.236. The van der Waals surface area contributed by atoms with E-state index in [1.165, 1.54) is 10.4 Å². The van der Waals surface area contributed by atoms with E-state index in [0.717, 1.165) is 24.5 Å². The van der Waals surface area contributed by atoms with Crippen molar-refractivity contribution in [3.8, 4) is 6.07 Å². The topological polar surface area (TPSA) is 65.1 Å². The van der Waals surface area contributed by atoms with E-state index in [2.05, 4.69) is 28.3 Å². The third-order valence-corrected chi connectivity index (χ3v) is 5.12. The molecule has 0 aromatic carbocycles. The second-order valence-corrected chi connectivity index (χ2v) is 6.83. The molecule has 1 aliphatic rings. The molecule has 4 heterocycles. The molecule has 0 atom stereocenters. The Morgan fingerprint density at radius 1 is 1.48 bits per heavy atom. The Morgan fingerprint density at radius 2 is 2.35 bits per heavy atom. The first-order chi connectivity index (χ1) is 11.1. The van der Waals surface area contributed by atoms with Gasteiger partial charge in [-0.25, -0.2) is 4.98 Å². The summed E-state index contributed by atoms with van der Waals surface area (Å²) in [6, 6.07) is 5.80. The molecule has 0 aliphatic carbocycles. The number of pyridine rings is 1. The molecule has 0 fully saturated rings. The number of fused-ring (bicyclic) bond motifs is 2. The highest BCUT2D eigenvalue weighted by atomic mass is 32.1. The number of aromatic nitrogens is 1. The Morgan fingerprint density at radius 3 is 3.17 bits per heavy atom. The van der Waals surface area contributed by atoms with Gasteiger partial charge in [0.05, 0.1) is 11.2 Å². The van der Waals surface area contributed by atoms with Crippen molar-refractivity contribution in [3.05, 3.63) is 34.5 Å². The van der Waals surface area contributed by atoms with Crippen molar-refractivity contribution >= 4 is 46.4 Å². The Hall–Kier alpha value is -2.30. The van der Waals surface area contributed by atoms with Gasteiger partial charge in [0.2, 0.25) is 5.76 Å². The van der Waals surface area contributed by atoms with Crippen molar-refractivity contribution < 1.29 is 4.42 Å². The van der Waals surface area contributed by atoms with Gasteiger partial charge in [-0.15, -0.1) is 11.3 Å². The van der Waals surface area contributed by atoms with E-state index >= 15 is 0 Å². The van der Waals surface area contributed by atoms with E-state index < -0.39 is 0 Å². The van der Waals surface area contributed by atoms with Gasteiger partial charge in [0.1, 0.15) is 19.7 Å². The minimum Gasteiger partial charge on any atom is -0.444 e. The van der Waals surface area contributed by atoms with Crippen LogP contribution < -0.4 is 10.8 Å². The zero-order chi connectivity index (χ0) is 16.0. The van der Waals surface area contributed by atoms with E-state index in [0.29, 0.717) is 22.2 Å². The second-order valence-electron chi connectivity index (χ2n) is 5.69. The molecular weight excluding hydrogens is 307 g/mol. The van der Waals surface area contributed by atoms with Crippen LogP contribution in [0.25, 0.3) is 11.0 Å². The van der Waals surface area contributed by atoms with Gasteiger partial charge in [-0.2, -0.15) is 5.26 Å². The third-order valence-electron chi connectivity index (χ3n) is 4.04. The van der Waals surface area contributed by atoms with E-state index in [-0.39, 0.29) is 5.76 Å². The van der Waals surface area contributed by atoms with E-state index in [4.69, 9.17) is 17.5 Å². The molecule has 7 heteroatoms. The van der Waals surface area contributed by atoms with Crippen molar-refractivity contribution in [2.75, 3.05) is 18.9 Å². The minimum atomic E-state index is 0.236. The summed E-state index contributed by atoms with van der Waals surface area (Å²) in [5.41, 5.74) is 2.42. The van der Waals surface area contributed by atoms with Crippen LogP contribution in [0.5, 0.6) is 0 Å². The predicted octanol–water partition coefficient (Wildman–Crippen LogP) is 2.29. The first kappa shape index (κ1) is 14.3. The van der Waals surface area contributed by atoms with Crippen LogP contribution in [-0.4, -0.2) is 31.3 Å². The number of likely N-dealkylation sites (N-methyl/N-ethyl adjacent to an activating group) is 1. The number of hydrogen-bond donors (Lipinski definition) is 1. The van der Waals surface area contributed by atoms with Crippen molar-refractivity contribution in [1.82, 2.24) is 9.88 Å². The maximum Gasteiger partial charge on any atom is 0.204 e. The predicted molar refractivity (Wildman–Crippen MR) is 91.8 cm³/mol. The lowest BCUT2D eigenvalue weighted by molar-refractivity contribution is 0.317. The lowest BCUT2D eigenvalue weighted by Gasteiger charge is -2.21. The molecule has 3 aromatic rings. The van der Waals surface area contributed by atoms with E-state index in [1.807, 2.05) is 6.07 Å². The Kier molecular flexibility index (Phi) is 3.36. The number of thiophene rings is 1. The maximum absolute atomic E-state index is 8.93. The van der Waals surface area contributed by atoms with Crippen LogP contribution in [-0.2, 0) is 13.0 Å². The normalized spacial score (nSPS) is 14.6. The highest BCUT2D eigenvalue weighted by molar-refractivity contribution is 7.16. The standard InChI is InChI=1S/C16H13BN4OS/c1-21-3-2-9-4-14(23-13(9)8-21)20-16-15(17)11-5-10(6-18)22-12(11)7-19-16/h4-5,7H,2-3,8H2,1H3,(H,19,20). The first-order valence-corrected chi connectivity index (χ1v) is 8.11. The molecular formula is C16H13BN4OS. The number of nitrogens with one attached hydrogen (secondary N) is 1. The Bertz CT molecular complexity index is 940. The number of hydrogen-bond acceptors (Lipinski definition) is 6. The molecule has 1 aliphatic heterocycles. The zero-order valence-corrected chi connectivity index (χ0v) is 13.4.